The molecule has 0 aliphatic carbocycles. The number of nitrogens with one attached hydrogen (secondary N) is 2. The highest BCUT2D eigenvalue weighted by molar-refractivity contribution is 7.91. The number of hydrogen-bond donors (Lipinski definition) is 2. The summed E-state index contributed by atoms with van der Waals surface area (Å²) in [5.41, 5.74) is -0.523. The first kappa shape index (κ1) is 12.8. The molecule has 1 amide bonds. The average molecular weight is 260 g/mol. The first-order chi connectivity index (χ1) is 7.91. The molecular formula is C11H20N2O3S. The molecule has 0 radical (unpaired) electrons. The fraction of sp³-hybridized carbons (Fsp3) is 0.909. The summed E-state index contributed by atoms with van der Waals surface area (Å²) in [4.78, 5) is 12.1. The number of piperidine rings is 1. The van der Waals surface area contributed by atoms with E-state index in [1.165, 1.54) is 0 Å². The first-order valence-electron chi connectivity index (χ1n) is 6.18. The van der Waals surface area contributed by atoms with Gasteiger partial charge in [-0.05, 0) is 39.2 Å². The average Bonchev–Trinajstić information content (AvgIpc) is 2.59. The largest absolute Gasteiger partial charge is 0.351 e. The zero-order valence-corrected chi connectivity index (χ0v) is 11.0. The molecule has 2 fully saturated rings. The Hall–Kier alpha value is -0.620. The number of carbonyl (C=O) groups excluding carboxylic acids is 1. The summed E-state index contributed by atoms with van der Waals surface area (Å²) >= 11 is 0. The smallest absolute Gasteiger partial charge is 0.240 e. The molecule has 0 saturated carbocycles. The summed E-state index contributed by atoms with van der Waals surface area (Å²) < 4.78 is 22.6. The monoisotopic (exact) mass is 260 g/mol. The summed E-state index contributed by atoms with van der Waals surface area (Å²) in [5, 5.41) is 6.09. The van der Waals surface area contributed by atoms with Gasteiger partial charge in [-0.2, -0.15) is 0 Å². The van der Waals surface area contributed by atoms with Crippen LogP contribution in [-0.4, -0.2) is 44.0 Å². The lowest BCUT2D eigenvalue weighted by Gasteiger charge is -2.34. The fourth-order valence-corrected chi connectivity index (χ4v) is 4.18. The molecule has 2 atom stereocenters. The van der Waals surface area contributed by atoms with E-state index >= 15 is 0 Å². The van der Waals surface area contributed by atoms with Crippen LogP contribution in [0.4, 0.5) is 0 Å². The highest BCUT2D eigenvalue weighted by Gasteiger charge is 2.37. The minimum Gasteiger partial charge on any atom is -0.351 e. The molecule has 2 aliphatic rings. The molecule has 17 heavy (non-hydrogen) atoms. The van der Waals surface area contributed by atoms with E-state index in [-0.39, 0.29) is 23.5 Å². The molecule has 2 heterocycles. The van der Waals surface area contributed by atoms with Crippen molar-refractivity contribution in [2.24, 2.45) is 0 Å². The molecule has 2 aliphatic heterocycles. The normalized spacial score (nSPS) is 36.6. The first-order valence-corrected chi connectivity index (χ1v) is 8.00. The van der Waals surface area contributed by atoms with Crippen LogP contribution in [0.3, 0.4) is 0 Å². The molecule has 2 N–H and O–H groups in total. The maximum absolute atomic E-state index is 12.1. The lowest BCUT2D eigenvalue weighted by atomic mass is 9.90. The van der Waals surface area contributed by atoms with Crippen molar-refractivity contribution < 1.29 is 13.2 Å². The molecule has 0 aromatic carbocycles. The third-order valence-electron chi connectivity index (χ3n) is 3.69. The quantitative estimate of drug-likeness (QED) is 0.722. The van der Waals surface area contributed by atoms with Crippen LogP contribution in [0.2, 0.25) is 0 Å². The van der Waals surface area contributed by atoms with Crippen LogP contribution >= 0.6 is 0 Å². The fourth-order valence-electron chi connectivity index (χ4n) is 2.50. The van der Waals surface area contributed by atoms with E-state index in [4.69, 9.17) is 0 Å². The lowest BCUT2D eigenvalue weighted by molar-refractivity contribution is -0.128. The Morgan fingerprint density at radius 1 is 1.41 bits per heavy atom. The topological polar surface area (TPSA) is 75.3 Å². The van der Waals surface area contributed by atoms with Gasteiger partial charge in [0.15, 0.2) is 9.84 Å². The summed E-state index contributed by atoms with van der Waals surface area (Å²) in [6.45, 7) is 2.75. The van der Waals surface area contributed by atoms with Gasteiger partial charge in [-0.1, -0.05) is 0 Å². The number of amides is 1. The predicted molar refractivity (Wildman–Crippen MR) is 65.5 cm³/mol. The molecule has 2 rings (SSSR count). The molecule has 98 valence electrons. The third kappa shape index (κ3) is 2.98. The molecule has 6 heteroatoms. The number of rotatable bonds is 2. The Bertz CT molecular complexity index is 399. The molecule has 0 spiro atoms. The van der Waals surface area contributed by atoms with Gasteiger partial charge in [0.25, 0.3) is 0 Å². The van der Waals surface area contributed by atoms with Gasteiger partial charge >= 0.3 is 0 Å². The maximum atomic E-state index is 12.1. The Morgan fingerprint density at radius 3 is 2.71 bits per heavy atom. The van der Waals surface area contributed by atoms with Crippen LogP contribution < -0.4 is 10.6 Å². The van der Waals surface area contributed by atoms with Crippen LogP contribution in [0.15, 0.2) is 0 Å². The van der Waals surface area contributed by atoms with E-state index in [0.717, 1.165) is 25.8 Å². The summed E-state index contributed by atoms with van der Waals surface area (Å²) in [7, 11) is -2.93. The maximum Gasteiger partial charge on any atom is 0.240 e. The highest BCUT2D eigenvalue weighted by atomic mass is 32.2. The Balaban J connectivity index is 1.93. The second-order valence-corrected chi connectivity index (χ2v) is 7.52. The van der Waals surface area contributed by atoms with Gasteiger partial charge in [0.05, 0.1) is 17.0 Å². The van der Waals surface area contributed by atoms with Gasteiger partial charge in [0, 0.05) is 6.04 Å². The molecular weight excluding hydrogens is 240 g/mol. The third-order valence-corrected chi connectivity index (χ3v) is 5.46. The van der Waals surface area contributed by atoms with Crippen molar-refractivity contribution >= 4 is 15.7 Å². The number of sulfone groups is 1. The minimum absolute atomic E-state index is 0.0562. The van der Waals surface area contributed by atoms with E-state index in [1.807, 2.05) is 6.92 Å². The van der Waals surface area contributed by atoms with Gasteiger partial charge in [0.1, 0.15) is 0 Å². The Labute approximate surface area is 102 Å². The van der Waals surface area contributed by atoms with Crippen molar-refractivity contribution in [3.8, 4) is 0 Å². The van der Waals surface area contributed by atoms with Crippen molar-refractivity contribution in [1.82, 2.24) is 10.6 Å². The SMILES string of the molecule is CC1(C(=O)NC2CCS(=O)(=O)C2)CCCCN1. The molecule has 0 aromatic rings. The molecule has 0 aromatic heterocycles. The van der Waals surface area contributed by atoms with Gasteiger partial charge in [-0.25, -0.2) is 8.42 Å². The second-order valence-electron chi connectivity index (χ2n) is 5.29. The number of hydrogen-bond acceptors (Lipinski definition) is 4. The summed E-state index contributed by atoms with van der Waals surface area (Å²) in [5.74, 6) is 0.232. The molecule has 5 nitrogen and oxygen atoms in total. The van der Waals surface area contributed by atoms with Gasteiger partial charge in [-0.15, -0.1) is 0 Å². The van der Waals surface area contributed by atoms with E-state index in [2.05, 4.69) is 10.6 Å². The zero-order valence-electron chi connectivity index (χ0n) is 10.2. The second kappa shape index (κ2) is 4.57. The van der Waals surface area contributed by atoms with Crippen LogP contribution in [0, 0.1) is 0 Å². The van der Waals surface area contributed by atoms with Gasteiger partial charge in [0.2, 0.25) is 5.91 Å². The van der Waals surface area contributed by atoms with Crippen molar-refractivity contribution in [3.05, 3.63) is 0 Å². The summed E-state index contributed by atoms with van der Waals surface area (Å²) in [6.07, 6.45) is 3.50. The van der Waals surface area contributed by atoms with Gasteiger partial charge in [-0.3, -0.25) is 4.79 Å². The molecule has 0 bridgehead atoms. The molecule has 2 saturated heterocycles. The Kier molecular flexibility index (Phi) is 3.45. The van der Waals surface area contributed by atoms with Crippen LogP contribution in [0.25, 0.3) is 0 Å². The summed E-state index contributed by atoms with van der Waals surface area (Å²) in [6, 6.07) is -0.201. The number of carbonyl (C=O) groups is 1. The van der Waals surface area contributed by atoms with Crippen LogP contribution in [-0.2, 0) is 14.6 Å². The predicted octanol–water partition coefficient (Wildman–Crippen LogP) is -0.178. The van der Waals surface area contributed by atoms with Crippen molar-refractivity contribution in [2.45, 2.75) is 44.2 Å². The van der Waals surface area contributed by atoms with E-state index < -0.39 is 15.4 Å². The van der Waals surface area contributed by atoms with Crippen molar-refractivity contribution in [2.75, 3.05) is 18.1 Å². The zero-order chi connectivity index (χ0) is 12.5. The van der Waals surface area contributed by atoms with E-state index in [1.54, 1.807) is 0 Å². The van der Waals surface area contributed by atoms with Crippen LogP contribution in [0.5, 0.6) is 0 Å². The highest BCUT2D eigenvalue weighted by Crippen LogP contribution is 2.20. The lowest BCUT2D eigenvalue weighted by Crippen LogP contribution is -2.58. The minimum atomic E-state index is -2.93. The standard InChI is InChI=1S/C11H20N2O3S/c1-11(5-2-3-6-12-11)10(14)13-9-4-7-17(15,16)8-9/h9,12H,2-8H2,1H3,(H,13,14). The van der Waals surface area contributed by atoms with Gasteiger partial charge < -0.3 is 10.6 Å². The van der Waals surface area contributed by atoms with Crippen molar-refractivity contribution in [1.29, 1.82) is 0 Å². The Morgan fingerprint density at radius 2 is 2.18 bits per heavy atom. The van der Waals surface area contributed by atoms with E-state index in [9.17, 15) is 13.2 Å². The van der Waals surface area contributed by atoms with E-state index in [0.29, 0.717) is 6.42 Å². The molecule has 2 unspecified atom stereocenters. The van der Waals surface area contributed by atoms with Crippen molar-refractivity contribution in [3.63, 3.8) is 0 Å². The van der Waals surface area contributed by atoms with Crippen LogP contribution in [0.1, 0.15) is 32.6 Å².